The van der Waals surface area contributed by atoms with E-state index in [1.165, 1.54) is 98.1 Å². The normalized spacial score (nSPS) is 14.4. The van der Waals surface area contributed by atoms with Crippen LogP contribution in [0.4, 0.5) is 17.1 Å². The smallest absolute Gasteiger partial charge is 0.0732 e. The van der Waals surface area contributed by atoms with Gasteiger partial charge in [0.15, 0.2) is 0 Å². The fraction of sp³-hybridized carbons (Fsp3) is 0.0164. The molecule has 2 aliphatic carbocycles. The van der Waals surface area contributed by atoms with E-state index in [1.54, 1.807) is 0 Å². The second-order valence-electron chi connectivity index (χ2n) is 16.7. The van der Waals surface area contributed by atoms with Crippen molar-refractivity contribution in [3.05, 3.63) is 259 Å². The molecule has 0 saturated carbocycles. The fourth-order valence-corrected chi connectivity index (χ4v) is 12.1. The third kappa shape index (κ3) is 5.29. The van der Waals surface area contributed by atoms with E-state index in [2.05, 4.69) is 241 Å². The van der Waals surface area contributed by atoms with Crippen LogP contribution in [0.1, 0.15) is 22.3 Å². The lowest BCUT2D eigenvalue weighted by molar-refractivity contribution is 0.795. The summed E-state index contributed by atoms with van der Waals surface area (Å²) in [5.41, 5.74) is 20.7. The van der Waals surface area contributed by atoms with E-state index in [9.17, 15) is 0 Å². The highest BCUT2D eigenvalue weighted by atomic mass is 32.1. The second kappa shape index (κ2) is 14.1. The predicted molar refractivity (Wildman–Crippen MR) is 267 cm³/mol. The summed E-state index contributed by atoms with van der Waals surface area (Å²) in [5.74, 6) is 0. The Morgan fingerprint density at radius 2 is 0.810 bits per heavy atom. The molecule has 294 valence electrons. The quantitative estimate of drug-likeness (QED) is 0.162. The number of benzene rings is 10. The molecule has 1 aromatic heterocycles. The summed E-state index contributed by atoms with van der Waals surface area (Å²) < 4.78 is 2.65. The van der Waals surface area contributed by atoms with Crippen molar-refractivity contribution in [2.24, 2.45) is 0 Å². The summed E-state index contributed by atoms with van der Waals surface area (Å²) in [6, 6.07) is 87.7. The Kier molecular flexibility index (Phi) is 8.06. The standard InChI is InChI=1S/C61H39NS/c1-3-16-40(17-4-1)41-32-36-44(37-33-41)62(45-38-34-43(35-39-45)47-24-14-26-51-49-21-9-12-31-57(49)63-60(47)51)56-30-15-29-55-58(56)52-22-8-11-28-54(52)61(55)53-27-10-7-20-48(53)50-25-13-23-46(59(50)61)42-18-5-2-6-19-42/h1-39H. The van der Waals surface area contributed by atoms with Gasteiger partial charge in [0.1, 0.15) is 0 Å². The van der Waals surface area contributed by atoms with Crippen LogP contribution in [0.5, 0.6) is 0 Å². The first-order chi connectivity index (χ1) is 31.3. The van der Waals surface area contributed by atoms with Crippen molar-refractivity contribution >= 4 is 48.6 Å². The molecule has 0 saturated heterocycles. The monoisotopic (exact) mass is 817 g/mol. The van der Waals surface area contributed by atoms with Crippen molar-refractivity contribution in [3.8, 4) is 55.6 Å². The molecular weight excluding hydrogens is 779 g/mol. The Bertz CT molecular complexity index is 3550. The van der Waals surface area contributed by atoms with Crippen molar-refractivity contribution in [3.63, 3.8) is 0 Å². The van der Waals surface area contributed by atoms with Gasteiger partial charge in [-0.3, -0.25) is 0 Å². The van der Waals surface area contributed by atoms with Gasteiger partial charge in [-0.2, -0.15) is 0 Å². The largest absolute Gasteiger partial charge is 0.310 e. The summed E-state index contributed by atoms with van der Waals surface area (Å²) in [6.07, 6.45) is 0. The minimum atomic E-state index is -0.518. The topological polar surface area (TPSA) is 3.24 Å². The molecule has 0 N–H and O–H groups in total. The first kappa shape index (κ1) is 35.9. The lowest BCUT2D eigenvalue weighted by Crippen LogP contribution is -2.26. The number of rotatable bonds is 6. The number of hydrogen-bond acceptors (Lipinski definition) is 2. The maximum absolute atomic E-state index is 2.48. The maximum atomic E-state index is 2.48. The first-order valence-electron chi connectivity index (χ1n) is 21.8. The molecule has 0 aliphatic heterocycles. The van der Waals surface area contributed by atoms with E-state index >= 15 is 0 Å². The van der Waals surface area contributed by atoms with Gasteiger partial charge in [0.2, 0.25) is 0 Å². The molecule has 2 heteroatoms. The Morgan fingerprint density at radius 3 is 1.57 bits per heavy atom. The zero-order valence-electron chi connectivity index (χ0n) is 34.4. The van der Waals surface area contributed by atoms with Crippen LogP contribution in [0.3, 0.4) is 0 Å². The van der Waals surface area contributed by atoms with Crippen molar-refractivity contribution in [2.45, 2.75) is 5.41 Å². The zero-order valence-corrected chi connectivity index (χ0v) is 35.2. The molecule has 11 aromatic rings. The highest BCUT2D eigenvalue weighted by Crippen LogP contribution is 2.66. The highest BCUT2D eigenvalue weighted by molar-refractivity contribution is 7.26. The molecule has 10 aromatic carbocycles. The number of nitrogens with zero attached hydrogens (tertiary/aromatic N) is 1. The van der Waals surface area contributed by atoms with Crippen LogP contribution in [0.2, 0.25) is 0 Å². The van der Waals surface area contributed by atoms with Gasteiger partial charge in [-0.25, -0.2) is 0 Å². The SMILES string of the molecule is c1ccc(-c2ccc(N(c3ccc(-c4cccc5c4sc4ccccc45)cc3)c3cccc4c3-c3ccccc3C43c4ccccc4-c4cccc(-c5ccccc5)c43)cc2)cc1. The van der Waals surface area contributed by atoms with Crippen LogP contribution < -0.4 is 4.90 Å². The van der Waals surface area contributed by atoms with Crippen molar-refractivity contribution in [2.75, 3.05) is 4.90 Å². The third-order valence-corrected chi connectivity index (χ3v) is 14.7. The van der Waals surface area contributed by atoms with Crippen LogP contribution in [-0.4, -0.2) is 0 Å². The molecule has 0 amide bonds. The number of hydrogen-bond donors (Lipinski definition) is 0. The molecule has 1 heterocycles. The van der Waals surface area contributed by atoms with Crippen LogP contribution >= 0.6 is 11.3 Å². The van der Waals surface area contributed by atoms with Gasteiger partial charge in [0, 0.05) is 37.1 Å². The Labute approximate surface area is 371 Å². The van der Waals surface area contributed by atoms with E-state index in [1.807, 2.05) is 11.3 Å². The molecule has 0 radical (unpaired) electrons. The van der Waals surface area contributed by atoms with E-state index in [4.69, 9.17) is 0 Å². The molecular formula is C61H39NS. The number of thiophene rings is 1. The molecule has 0 bridgehead atoms. The van der Waals surface area contributed by atoms with Gasteiger partial charge < -0.3 is 4.90 Å². The molecule has 0 fully saturated rings. The van der Waals surface area contributed by atoms with E-state index in [0.717, 1.165) is 17.1 Å². The summed E-state index contributed by atoms with van der Waals surface area (Å²) in [4.78, 5) is 2.48. The summed E-state index contributed by atoms with van der Waals surface area (Å²) in [5, 5.41) is 2.63. The van der Waals surface area contributed by atoms with Crippen molar-refractivity contribution in [1.29, 1.82) is 0 Å². The van der Waals surface area contributed by atoms with Gasteiger partial charge in [-0.15, -0.1) is 11.3 Å². The highest BCUT2D eigenvalue weighted by Gasteiger charge is 2.53. The minimum absolute atomic E-state index is 0.518. The Morgan fingerprint density at radius 1 is 0.317 bits per heavy atom. The van der Waals surface area contributed by atoms with E-state index in [0.29, 0.717) is 0 Å². The van der Waals surface area contributed by atoms with Crippen LogP contribution in [-0.2, 0) is 5.41 Å². The molecule has 2 aliphatic rings. The van der Waals surface area contributed by atoms with Gasteiger partial charge in [-0.1, -0.05) is 200 Å². The lowest BCUT2D eigenvalue weighted by Gasteiger charge is -2.33. The van der Waals surface area contributed by atoms with E-state index in [-0.39, 0.29) is 0 Å². The third-order valence-electron chi connectivity index (χ3n) is 13.5. The average Bonchev–Trinajstić information content (AvgIpc) is 4.00. The fourth-order valence-electron chi connectivity index (χ4n) is 10.9. The van der Waals surface area contributed by atoms with Gasteiger partial charge >= 0.3 is 0 Å². The van der Waals surface area contributed by atoms with Gasteiger partial charge in [-0.05, 0) is 109 Å². The van der Waals surface area contributed by atoms with Crippen LogP contribution in [0, 0.1) is 0 Å². The summed E-state index contributed by atoms with van der Waals surface area (Å²) >= 11 is 1.88. The molecule has 63 heavy (non-hydrogen) atoms. The Balaban J connectivity index is 1.05. The Hall–Kier alpha value is -7.78. The van der Waals surface area contributed by atoms with Crippen molar-refractivity contribution in [1.82, 2.24) is 0 Å². The first-order valence-corrected chi connectivity index (χ1v) is 22.6. The average molecular weight is 818 g/mol. The molecule has 1 nitrogen and oxygen atoms in total. The lowest BCUT2D eigenvalue weighted by atomic mass is 9.68. The van der Waals surface area contributed by atoms with Gasteiger partial charge in [0.25, 0.3) is 0 Å². The molecule has 1 unspecified atom stereocenters. The second-order valence-corrected chi connectivity index (χ2v) is 17.8. The minimum Gasteiger partial charge on any atom is -0.310 e. The molecule has 13 rings (SSSR count). The van der Waals surface area contributed by atoms with Crippen molar-refractivity contribution < 1.29 is 0 Å². The zero-order chi connectivity index (χ0) is 41.5. The summed E-state index contributed by atoms with van der Waals surface area (Å²) in [7, 11) is 0. The van der Waals surface area contributed by atoms with Crippen LogP contribution in [0.15, 0.2) is 237 Å². The summed E-state index contributed by atoms with van der Waals surface area (Å²) in [6.45, 7) is 0. The van der Waals surface area contributed by atoms with Crippen LogP contribution in [0.25, 0.3) is 75.8 Å². The van der Waals surface area contributed by atoms with E-state index < -0.39 is 5.41 Å². The maximum Gasteiger partial charge on any atom is 0.0732 e. The van der Waals surface area contributed by atoms with Gasteiger partial charge in [0.05, 0.1) is 11.1 Å². The molecule has 1 atom stereocenters. The number of fused-ring (bicyclic) bond motifs is 13. The predicted octanol–water partition coefficient (Wildman–Crippen LogP) is 16.9. The molecule has 1 spiro atoms. The number of anilines is 3.